The molecule has 0 aliphatic carbocycles. The normalized spacial score (nSPS) is 14.5. The number of hydrogen-bond donors (Lipinski definition) is 0. The molecule has 1 heterocycles. The van der Waals surface area contributed by atoms with E-state index in [0.29, 0.717) is 47.4 Å². The Morgan fingerprint density at radius 1 is 0.880 bits per heavy atom. The van der Waals surface area contributed by atoms with Gasteiger partial charge in [0.15, 0.2) is 5.78 Å². The number of rotatable bonds is 3. The Morgan fingerprint density at radius 3 is 2.24 bits per heavy atom. The first kappa shape index (κ1) is 17.8. The molecule has 2 aromatic carbocycles. The molecule has 0 saturated carbocycles. The maximum absolute atomic E-state index is 12.6. The highest BCUT2D eigenvalue weighted by Gasteiger charge is 2.23. The molecule has 0 radical (unpaired) electrons. The van der Waals surface area contributed by atoms with Crippen LogP contribution >= 0.6 is 23.2 Å². The minimum atomic E-state index is -0.0456. The third-order valence-electron chi connectivity index (χ3n) is 4.35. The smallest absolute Gasteiger partial charge is 0.254 e. The Hall–Kier alpha value is -2.04. The fourth-order valence-corrected chi connectivity index (χ4v) is 3.20. The fraction of sp³-hybridized carbons (Fsp3) is 0.263. The van der Waals surface area contributed by atoms with E-state index in [4.69, 9.17) is 23.2 Å². The van der Waals surface area contributed by atoms with Crippen LogP contribution in [0.1, 0.15) is 27.6 Å². The third kappa shape index (κ3) is 3.97. The van der Waals surface area contributed by atoms with Crippen molar-refractivity contribution < 1.29 is 9.59 Å². The van der Waals surface area contributed by atoms with E-state index in [-0.39, 0.29) is 11.7 Å². The molecule has 6 heteroatoms. The second-order valence-corrected chi connectivity index (χ2v) is 6.83. The van der Waals surface area contributed by atoms with Gasteiger partial charge in [0.25, 0.3) is 5.91 Å². The zero-order valence-corrected chi connectivity index (χ0v) is 15.3. The first-order valence-electron chi connectivity index (χ1n) is 8.06. The van der Waals surface area contributed by atoms with Gasteiger partial charge in [-0.1, -0.05) is 35.3 Å². The maximum atomic E-state index is 12.6. The minimum Gasteiger partial charge on any atom is -0.368 e. The van der Waals surface area contributed by atoms with Crippen molar-refractivity contribution in [2.24, 2.45) is 0 Å². The lowest BCUT2D eigenvalue weighted by atomic mass is 10.1. The molecule has 25 heavy (non-hydrogen) atoms. The van der Waals surface area contributed by atoms with Gasteiger partial charge in [0.2, 0.25) is 0 Å². The first-order valence-corrected chi connectivity index (χ1v) is 8.81. The number of halogens is 2. The van der Waals surface area contributed by atoms with Crippen molar-refractivity contribution in [3.63, 3.8) is 0 Å². The van der Waals surface area contributed by atoms with Gasteiger partial charge in [0.1, 0.15) is 0 Å². The molecule has 1 aliphatic heterocycles. The van der Waals surface area contributed by atoms with Gasteiger partial charge in [-0.3, -0.25) is 9.59 Å². The average molecular weight is 377 g/mol. The average Bonchev–Trinajstić information content (AvgIpc) is 2.63. The molecule has 0 unspecified atom stereocenters. The molecular formula is C19H18Cl2N2O2. The molecule has 0 aromatic heterocycles. The van der Waals surface area contributed by atoms with E-state index in [1.54, 1.807) is 25.1 Å². The molecule has 0 spiro atoms. The van der Waals surface area contributed by atoms with E-state index in [2.05, 4.69) is 4.90 Å². The number of anilines is 1. The summed E-state index contributed by atoms with van der Waals surface area (Å²) < 4.78 is 0. The van der Waals surface area contributed by atoms with Crippen LogP contribution in [0.15, 0.2) is 42.5 Å². The van der Waals surface area contributed by atoms with Crippen LogP contribution < -0.4 is 4.90 Å². The van der Waals surface area contributed by atoms with E-state index < -0.39 is 0 Å². The van der Waals surface area contributed by atoms with Crippen LogP contribution in [-0.2, 0) is 0 Å². The summed E-state index contributed by atoms with van der Waals surface area (Å²) in [6.45, 7) is 4.22. The molecular weight excluding hydrogens is 359 g/mol. The van der Waals surface area contributed by atoms with E-state index in [1.807, 2.05) is 29.2 Å². The number of benzene rings is 2. The molecule has 0 N–H and O–H groups in total. The van der Waals surface area contributed by atoms with Crippen molar-refractivity contribution in [3.8, 4) is 0 Å². The summed E-state index contributed by atoms with van der Waals surface area (Å²) in [6.07, 6.45) is 0. The summed E-state index contributed by atoms with van der Waals surface area (Å²) in [5, 5.41) is 0.820. The standard InChI is InChI=1S/C19H18Cl2N2O2/c1-13(24)14-3-2-4-16(11-14)22-7-9-23(10-8-22)19(25)15-5-6-17(20)18(21)12-15/h2-6,11-12H,7-10H2,1H3. The van der Waals surface area contributed by atoms with Crippen LogP contribution in [0, 0.1) is 0 Å². The lowest BCUT2D eigenvalue weighted by Gasteiger charge is -2.36. The topological polar surface area (TPSA) is 40.6 Å². The predicted molar refractivity (Wildman–Crippen MR) is 101 cm³/mol. The summed E-state index contributed by atoms with van der Waals surface area (Å²) in [4.78, 5) is 28.1. The lowest BCUT2D eigenvalue weighted by Crippen LogP contribution is -2.48. The van der Waals surface area contributed by atoms with Gasteiger partial charge < -0.3 is 9.80 Å². The predicted octanol–water partition coefficient (Wildman–Crippen LogP) is 4.16. The molecule has 4 nitrogen and oxygen atoms in total. The van der Waals surface area contributed by atoms with Crippen molar-refractivity contribution >= 4 is 40.6 Å². The highest BCUT2D eigenvalue weighted by molar-refractivity contribution is 6.42. The molecule has 1 amide bonds. The van der Waals surface area contributed by atoms with E-state index >= 15 is 0 Å². The van der Waals surface area contributed by atoms with Crippen LogP contribution in [0.25, 0.3) is 0 Å². The van der Waals surface area contributed by atoms with Crippen molar-refractivity contribution in [2.45, 2.75) is 6.92 Å². The summed E-state index contributed by atoms with van der Waals surface area (Å²) in [6, 6.07) is 12.5. The zero-order valence-electron chi connectivity index (χ0n) is 13.8. The van der Waals surface area contributed by atoms with Crippen molar-refractivity contribution in [1.29, 1.82) is 0 Å². The zero-order chi connectivity index (χ0) is 18.0. The second kappa shape index (κ2) is 7.46. The summed E-state index contributed by atoms with van der Waals surface area (Å²) in [5.74, 6) is 0.00554. The number of hydrogen-bond acceptors (Lipinski definition) is 3. The molecule has 0 bridgehead atoms. The largest absolute Gasteiger partial charge is 0.368 e. The van der Waals surface area contributed by atoms with E-state index in [9.17, 15) is 9.59 Å². The number of carbonyl (C=O) groups excluding carboxylic acids is 2. The Morgan fingerprint density at radius 2 is 1.60 bits per heavy atom. The summed E-state index contributed by atoms with van der Waals surface area (Å²) >= 11 is 11.9. The number of ketones is 1. The lowest BCUT2D eigenvalue weighted by molar-refractivity contribution is 0.0746. The van der Waals surface area contributed by atoms with Gasteiger partial charge in [-0.2, -0.15) is 0 Å². The number of amides is 1. The molecule has 130 valence electrons. The van der Waals surface area contributed by atoms with Crippen LogP contribution in [0.5, 0.6) is 0 Å². The molecule has 1 saturated heterocycles. The summed E-state index contributed by atoms with van der Waals surface area (Å²) in [5.41, 5.74) is 2.25. The minimum absolute atomic E-state index is 0.0456. The molecule has 2 aromatic rings. The SMILES string of the molecule is CC(=O)c1cccc(N2CCN(C(=O)c3ccc(Cl)c(Cl)c3)CC2)c1. The second-order valence-electron chi connectivity index (χ2n) is 6.01. The molecule has 3 rings (SSSR count). The number of carbonyl (C=O) groups is 2. The third-order valence-corrected chi connectivity index (χ3v) is 5.09. The Bertz CT molecular complexity index is 815. The maximum Gasteiger partial charge on any atom is 0.254 e. The van der Waals surface area contributed by atoms with Crippen molar-refractivity contribution in [1.82, 2.24) is 4.90 Å². The van der Waals surface area contributed by atoms with E-state index in [0.717, 1.165) is 5.69 Å². The van der Waals surface area contributed by atoms with E-state index in [1.165, 1.54) is 0 Å². The van der Waals surface area contributed by atoms with Crippen molar-refractivity contribution in [2.75, 3.05) is 31.1 Å². The Kier molecular flexibility index (Phi) is 5.30. The van der Waals surface area contributed by atoms with Crippen LogP contribution in [0.3, 0.4) is 0 Å². The quantitative estimate of drug-likeness (QED) is 0.755. The van der Waals surface area contributed by atoms with Gasteiger partial charge in [-0.25, -0.2) is 0 Å². The van der Waals surface area contributed by atoms with Crippen LogP contribution in [0.4, 0.5) is 5.69 Å². The molecule has 0 atom stereocenters. The van der Waals surface area contributed by atoms with Gasteiger partial charge in [0.05, 0.1) is 10.0 Å². The molecule has 1 fully saturated rings. The van der Waals surface area contributed by atoms with Gasteiger partial charge in [0, 0.05) is 43.0 Å². The number of Topliss-reactive ketones (excluding diaryl/α,β-unsaturated/α-hetero) is 1. The fourth-order valence-electron chi connectivity index (χ4n) is 2.90. The van der Waals surface area contributed by atoms with Gasteiger partial charge >= 0.3 is 0 Å². The number of piperazine rings is 1. The van der Waals surface area contributed by atoms with Gasteiger partial charge in [-0.15, -0.1) is 0 Å². The summed E-state index contributed by atoms with van der Waals surface area (Å²) in [7, 11) is 0. The highest BCUT2D eigenvalue weighted by atomic mass is 35.5. The number of nitrogens with zero attached hydrogens (tertiary/aromatic N) is 2. The van der Waals surface area contributed by atoms with Crippen LogP contribution in [0.2, 0.25) is 10.0 Å². The first-order chi connectivity index (χ1) is 12.0. The van der Waals surface area contributed by atoms with Crippen molar-refractivity contribution in [3.05, 3.63) is 63.6 Å². The Labute approximate surface area is 156 Å². The molecule has 1 aliphatic rings. The Balaban J connectivity index is 1.67. The van der Waals surface area contributed by atoms with Gasteiger partial charge in [-0.05, 0) is 37.3 Å². The highest BCUT2D eigenvalue weighted by Crippen LogP contribution is 2.24. The van der Waals surface area contributed by atoms with Crippen LogP contribution in [-0.4, -0.2) is 42.8 Å². The monoisotopic (exact) mass is 376 g/mol.